The number of hydrogen-bond donors (Lipinski definition) is 2. The summed E-state index contributed by atoms with van der Waals surface area (Å²) in [5.41, 5.74) is 0. The monoisotopic (exact) mass is 246 g/mol. The van der Waals surface area contributed by atoms with Crippen LogP contribution < -0.4 is 0 Å². The van der Waals surface area contributed by atoms with Gasteiger partial charge in [0.2, 0.25) is 0 Å². The van der Waals surface area contributed by atoms with E-state index in [2.05, 4.69) is 33.6 Å². The molecule has 0 heterocycles. The molecule has 0 aromatic carbocycles. The van der Waals surface area contributed by atoms with Gasteiger partial charge >= 0.3 is 22.3 Å². The summed E-state index contributed by atoms with van der Waals surface area (Å²) >= 11 is 6.89. The molecule has 0 fully saturated rings. The lowest BCUT2D eigenvalue weighted by Crippen LogP contribution is -2.20. The molecule has 0 bridgehead atoms. The van der Waals surface area contributed by atoms with Crippen LogP contribution in [-0.2, 0) is 28.4 Å². The van der Waals surface area contributed by atoms with Crippen molar-refractivity contribution >= 4 is 47.6 Å². The van der Waals surface area contributed by atoms with Gasteiger partial charge in [0.25, 0.3) is 0 Å². The Bertz CT molecular complexity index is 269. The molecule has 0 amide bonds. The van der Waals surface area contributed by atoms with Crippen molar-refractivity contribution in [2.24, 2.45) is 0 Å². The van der Waals surface area contributed by atoms with Crippen molar-refractivity contribution in [3.8, 4) is 0 Å². The minimum atomic E-state index is -4.60. The van der Waals surface area contributed by atoms with Crippen LogP contribution >= 0.6 is 25.3 Å². The maximum atomic E-state index is 10.6. The standard InChI is InChI=1S/C4H6O6S3/c5-3(1-11)9-13(7,8)10-4(6)2-12/h11-12H,1-2H2. The number of thiol groups is 2. The molecule has 0 atom stereocenters. The van der Waals surface area contributed by atoms with Gasteiger partial charge in [-0.25, -0.2) is 9.59 Å². The molecule has 0 unspecified atom stereocenters. The maximum Gasteiger partial charge on any atom is 0.506 e. The van der Waals surface area contributed by atoms with Gasteiger partial charge in [-0.3, -0.25) is 0 Å². The maximum absolute atomic E-state index is 10.6. The summed E-state index contributed by atoms with van der Waals surface area (Å²) in [5, 5.41) is 0. The second-order valence-electron chi connectivity index (χ2n) is 1.64. The zero-order chi connectivity index (χ0) is 10.5. The average Bonchev–Trinajstić information content (AvgIpc) is 2.02. The molecule has 0 aliphatic heterocycles. The first kappa shape index (κ1) is 12.6. The minimum absolute atomic E-state index is 0.433. The molecule has 76 valence electrons. The van der Waals surface area contributed by atoms with Crippen molar-refractivity contribution in [2.75, 3.05) is 11.5 Å². The summed E-state index contributed by atoms with van der Waals surface area (Å²) in [4.78, 5) is 20.8. The zero-order valence-electron chi connectivity index (χ0n) is 6.17. The second kappa shape index (κ2) is 5.35. The molecule has 0 radical (unpaired) electrons. The van der Waals surface area contributed by atoms with Crippen molar-refractivity contribution in [2.45, 2.75) is 0 Å². The Morgan fingerprint density at radius 2 is 1.31 bits per heavy atom. The molecule has 13 heavy (non-hydrogen) atoms. The van der Waals surface area contributed by atoms with Gasteiger partial charge in [-0.1, -0.05) is 0 Å². The summed E-state index contributed by atoms with van der Waals surface area (Å²) in [6.45, 7) is 0. The molecular weight excluding hydrogens is 240 g/mol. The highest BCUT2D eigenvalue weighted by molar-refractivity contribution is 7.84. The Hall–Kier alpha value is -0.410. The topological polar surface area (TPSA) is 86.7 Å². The molecule has 0 aliphatic rings. The van der Waals surface area contributed by atoms with Crippen LogP contribution in [0.5, 0.6) is 0 Å². The molecule has 6 nitrogen and oxygen atoms in total. The van der Waals surface area contributed by atoms with Crippen molar-refractivity contribution in [3.63, 3.8) is 0 Å². The summed E-state index contributed by atoms with van der Waals surface area (Å²) in [6, 6.07) is 0. The van der Waals surface area contributed by atoms with Crippen LogP contribution in [0.2, 0.25) is 0 Å². The summed E-state index contributed by atoms with van der Waals surface area (Å²) in [5.74, 6) is -3.12. The minimum Gasteiger partial charge on any atom is -0.315 e. The van der Waals surface area contributed by atoms with E-state index in [0.29, 0.717) is 0 Å². The summed E-state index contributed by atoms with van der Waals surface area (Å²) < 4.78 is 28.7. The zero-order valence-corrected chi connectivity index (χ0v) is 8.77. The molecule has 0 aromatic heterocycles. The van der Waals surface area contributed by atoms with E-state index in [-0.39, 0.29) is 0 Å². The predicted molar refractivity (Wildman–Crippen MR) is 48.8 cm³/mol. The van der Waals surface area contributed by atoms with Gasteiger partial charge in [-0.2, -0.15) is 25.3 Å². The fraction of sp³-hybridized carbons (Fsp3) is 0.500. The smallest absolute Gasteiger partial charge is 0.315 e. The van der Waals surface area contributed by atoms with Crippen molar-refractivity contribution < 1.29 is 26.4 Å². The van der Waals surface area contributed by atoms with Crippen LogP contribution in [0.4, 0.5) is 0 Å². The van der Waals surface area contributed by atoms with E-state index in [1.165, 1.54) is 0 Å². The van der Waals surface area contributed by atoms with E-state index in [1.807, 2.05) is 0 Å². The molecule has 0 saturated carbocycles. The second-order valence-corrected chi connectivity index (χ2v) is 3.42. The van der Waals surface area contributed by atoms with Gasteiger partial charge in [0.1, 0.15) is 0 Å². The van der Waals surface area contributed by atoms with E-state index in [0.717, 1.165) is 0 Å². The lowest BCUT2D eigenvalue weighted by atomic mass is 10.8. The lowest BCUT2D eigenvalue weighted by molar-refractivity contribution is -0.134. The number of hydrogen-bond acceptors (Lipinski definition) is 8. The average molecular weight is 246 g/mol. The SMILES string of the molecule is O=C(CS)OS(=O)(=O)OC(=O)CS. The highest BCUT2D eigenvalue weighted by Crippen LogP contribution is 1.99. The molecule has 0 saturated heterocycles. The van der Waals surface area contributed by atoms with E-state index < -0.39 is 33.8 Å². The molecular formula is C4H6O6S3. The quantitative estimate of drug-likeness (QED) is 0.630. The van der Waals surface area contributed by atoms with Gasteiger partial charge in [-0.05, 0) is 0 Å². The molecule has 0 N–H and O–H groups in total. The van der Waals surface area contributed by atoms with Crippen molar-refractivity contribution in [1.82, 2.24) is 0 Å². The highest BCUT2D eigenvalue weighted by atomic mass is 32.3. The van der Waals surface area contributed by atoms with Crippen LogP contribution in [0.25, 0.3) is 0 Å². The van der Waals surface area contributed by atoms with Gasteiger partial charge in [0.15, 0.2) is 0 Å². The van der Waals surface area contributed by atoms with E-state index in [9.17, 15) is 18.0 Å². The fourth-order valence-corrected chi connectivity index (χ4v) is 1.21. The number of carbonyl (C=O) groups is 2. The number of rotatable bonds is 4. The van der Waals surface area contributed by atoms with Crippen LogP contribution in [0, 0.1) is 0 Å². The van der Waals surface area contributed by atoms with Gasteiger partial charge in [-0.15, -0.1) is 8.42 Å². The lowest BCUT2D eigenvalue weighted by Gasteiger charge is -2.02. The largest absolute Gasteiger partial charge is 0.506 e. The van der Waals surface area contributed by atoms with Crippen LogP contribution in [0.3, 0.4) is 0 Å². The highest BCUT2D eigenvalue weighted by Gasteiger charge is 2.21. The number of carbonyl (C=O) groups excluding carboxylic acids is 2. The van der Waals surface area contributed by atoms with E-state index in [1.54, 1.807) is 0 Å². The van der Waals surface area contributed by atoms with E-state index in [4.69, 9.17) is 0 Å². The van der Waals surface area contributed by atoms with Crippen molar-refractivity contribution in [1.29, 1.82) is 0 Å². The van der Waals surface area contributed by atoms with Gasteiger partial charge < -0.3 is 8.37 Å². The third-order valence-electron chi connectivity index (χ3n) is 0.648. The Kier molecular flexibility index (Phi) is 5.18. The summed E-state index contributed by atoms with van der Waals surface area (Å²) in [6.07, 6.45) is 0. The van der Waals surface area contributed by atoms with E-state index >= 15 is 0 Å². The third-order valence-corrected chi connectivity index (χ3v) is 1.94. The van der Waals surface area contributed by atoms with Crippen molar-refractivity contribution in [3.05, 3.63) is 0 Å². The molecule has 0 aromatic rings. The Morgan fingerprint density at radius 3 is 1.54 bits per heavy atom. The van der Waals surface area contributed by atoms with Crippen LogP contribution in [-0.4, -0.2) is 31.9 Å². The molecule has 0 spiro atoms. The normalized spacial score (nSPS) is 10.6. The van der Waals surface area contributed by atoms with Gasteiger partial charge in [0, 0.05) is 0 Å². The molecule has 0 aliphatic carbocycles. The Morgan fingerprint density at radius 1 is 1.00 bits per heavy atom. The van der Waals surface area contributed by atoms with Crippen LogP contribution in [0.15, 0.2) is 0 Å². The molecule has 9 heteroatoms. The Labute approximate surface area is 85.7 Å². The first-order valence-electron chi connectivity index (χ1n) is 2.82. The molecule has 0 rings (SSSR count). The van der Waals surface area contributed by atoms with Gasteiger partial charge in [0.05, 0.1) is 11.5 Å². The Balaban J connectivity index is 4.26. The third kappa shape index (κ3) is 5.77. The fourth-order valence-electron chi connectivity index (χ4n) is 0.297. The predicted octanol–water partition coefficient (Wildman–Crippen LogP) is -0.823. The van der Waals surface area contributed by atoms with Crippen LogP contribution in [0.1, 0.15) is 0 Å². The first-order valence-corrected chi connectivity index (χ1v) is 5.42. The first-order chi connectivity index (χ1) is 5.91. The summed E-state index contributed by atoms with van der Waals surface area (Å²) in [7, 11) is -4.60.